The fourth-order valence-electron chi connectivity index (χ4n) is 2.45. The lowest BCUT2D eigenvalue weighted by Gasteiger charge is -2.32. The van der Waals surface area contributed by atoms with E-state index >= 15 is 0 Å². The molecule has 0 bridgehead atoms. The molecule has 0 amide bonds. The van der Waals surface area contributed by atoms with Gasteiger partial charge in [-0.2, -0.15) is 0 Å². The highest BCUT2D eigenvalue weighted by atomic mass is 15.1. The molecule has 1 atom stereocenters. The van der Waals surface area contributed by atoms with Crippen molar-refractivity contribution in [3.63, 3.8) is 0 Å². The van der Waals surface area contributed by atoms with Crippen LogP contribution in [-0.2, 0) is 0 Å². The third-order valence-electron chi connectivity index (χ3n) is 3.93. The molecule has 0 unspecified atom stereocenters. The molecule has 0 spiro atoms. The molecule has 0 N–H and O–H groups in total. The summed E-state index contributed by atoms with van der Waals surface area (Å²) in [6.07, 6.45) is 7.34. The smallest absolute Gasteiger partial charge is 0.00869 e. The van der Waals surface area contributed by atoms with Gasteiger partial charge in [-0.3, -0.25) is 0 Å². The molecule has 0 aromatic rings. The van der Waals surface area contributed by atoms with Crippen molar-refractivity contribution in [2.24, 2.45) is 11.8 Å². The van der Waals surface area contributed by atoms with E-state index < -0.39 is 0 Å². The van der Waals surface area contributed by atoms with Gasteiger partial charge in [0.05, 0.1) is 0 Å². The van der Waals surface area contributed by atoms with E-state index in [1.165, 1.54) is 38.6 Å². The summed E-state index contributed by atoms with van der Waals surface area (Å²) >= 11 is 0. The summed E-state index contributed by atoms with van der Waals surface area (Å²) in [6, 6.07) is 0.733. The van der Waals surface area contributed by atoms with Gasteiger partial charge < -0.3 is 4.90 Å². The zero-order valence-corrected chi connectivity index (χ0v) is 10.4. The first-order valence-corrected chi connectivity index (χ1v) is 6.31. The Morgan fingerprint density at radius 2 is 1.64 bits per heavy atom. The summed E-state index contributed by atoms with van der Waals surface area (Å²) in [5.41, 5.74) is 0. The van der Waals surface area contributed by atoms with Crippen molar-refractivity contribution >= 4 is 0 Å². The van der Waals surface area contributed by atoms with Gasteiger partial charge in [-0.15, -0.1) is 0 Å². The maximum Gasteiger partial charge on any atom is 0.00869 e. The molecule has 14 heavy (non-hydrogen) atoms. The fraction of sp³-hybridized carbons (Fsp3) is 1.00. The summed E-state index contributed by atoms with van der Waals surface area (Å²) < 4.78 is 0. The molecule has 1 aliphatic rings. The van der Waals surface area contributed by atoms with Crippen LogP contribution in [0.2, 0.25) is 0 Å². The molecule has 1 aliphatic carbocycles. The Bertz CT molecular complexity index is 147. The van der Waals surface area contributed by atoms with Crippen LogP contribution in [0.3, 0.4) is 0 Å². The minimum atomic E-state index is 0.733. The molecular weight excluding hydrogens is 170 g/mol. The maximum absolute atomic E-state index is 2.56. The molecule has 0 radical (unpaired) electrons. The van der Waals surface area contributed by atoms with Crippen molar-refractivity contribution in [1.29, 1.82) is 0 Å². The monoisotopic (exact) mass is 197 g/mol. The van der Waals surface area contributed by atoms with Gasteiger partial charge in [-0.1, -0.05) is 33.1 Å². The minimum absolute atomic E-state index is 0.733. The molecule has 84 valence electrons. The first-order valence-electron chi connectivity index (χ1n) is 6.31. The van der Waals surface area contributed by atoms with Crippen LogP contribution in [0.1, 0.15) is 52.9 Å². The van der Waals surface area contributed by atoms with Crippen molar-refractivity contribution < 1.29 is 0 Å². The van der Waals surface area contributed by atoms with Crippen LogP contribution in [0.15, 0.2) is 0 Å². The van der Waals surface area contributed by atoms with E-state index in [9.17, 15) is 0 Å². The van der Waals surface area contributed by atoms with Gasteiger partial charge in [0, 0.05) is 12.6 Å². The lowest BCUT2D eigenvalue weighted by Crippen LogP contribution is -2.37. The standard InChI is InChI=1S/C13H27N/c1-11(2)12(3)14(4)10-13-8-6-5-7-9-13/h11-13H,5-10H2,1-4H3/t12-/m1/s1. The number of hydrogen-bond donors (Lipinski definition) is 0. The Morgan fingerprint density at radius 3 is 2.14 bits per heavy atom. The van der Waals surface area contributed by atoms with Crippen LogP contribution < -0.4 is 0 Å². The number of hydrogen-bond acceptors (Lipinski definition) is 1. The second-order valence-corrected chi connectivity index (χ2v) is 5.43. The van der Waals surface area contributed by atoms with E-state index in [-0.39, 0.29) is 0 Å². The molecule has 0 saturated heterocycles. The predicted molar refractivity (Wildman–Crippen MR) is 63.5 cm³/mol. The first-order chi connectivity index (χ1) is 6.61. The maximum atomic E-state index is 2.56. The van der Waals surface area contributed by atoms with Crippen LogP contribution in [0, 0.1) is 11.8 Å². The molecule has 0 heterocycles. The van der Waals surface area contributed by atoms with Crippen LogP contribution >= 0.6 is 0 Å². The van der Waals surface area contributed by atoms with Crippen LogP contribution in [-0.4, -0.2) is 24.5 Å². The normalized spacial score (nSPS) is 21.9. The summed E-state index contributed by atoms with van der Waals surface area (Å²) in [6.45, 7) is 8.32. The van der Waals surface area contributed by atoms with Gasteiger partial charge in [-0.05, 0) is 38.6 Å². The van der Waals surface area contributed by atoms with Gasteiger partial charge in [-0.25, -0.2) is 0 Å². The lowest BCUT2D eigenvalue weighted by atomic mass is 9.88. The molecule has 1 rings (SSSR count). The second-order valence-electron chi connectivity index (χ2n) is 5.43. The third kappa shape index (κ3) is 3.61. The van der Waals surface area contributed by atoms with Crippen molar-refractivity contribution in [2.45, 2.75) is 58.9 Å². The van der Waals surface area contributed by atoms with Gasteiger partial charge in [0.1, 0.15) is 0 Å². The number of nitrogens with zero attached hydrogens (tertiary/aromatic N) is 1. The molecule has 1 heteroatoms. The molecule has 1 fully saturated rings. The Morgan fingerprint density at radius 1 is 1.07 bits per heavy atom. The highest BCUT2D eigenvalue weighted by Crippen LogP contribution is 2.25. The van der Waals surface area contributed by atoms with E-state index in [0.717, 1.165) is 17.9 Å². The Kier molecular flexibility index (Phi) is 4.94. The van der Waals surface area contributed by atoms with E-state index in [1.54, 1.807) is 0 Å². The lowest BCUT2D eigenvalue weighted by molar-refractivity contribution is 0.160. The van der Waals surface area contributed by atoms with E-state index in [1.807, 2.05) is 0 Å². The van der Waals surface area contributed by atoms with Crippen molar-refractivity contribution in [1.82, 2.24) is 4.90 Å². The van der Waals surface area contributed by atoms with Gasteiger partial charge >= 0.3 is 0 Å². The molecule has 1 saturated carbocycles. The Hall–Kier alpha value is -0.0400. The highest BCUT2D eigenvalue weighted by molar-refractivity contribution is 4.73. The number of rotatable bonds is 4. The van der Waals surface area contributed by atoms with Crippen LogP contribution in [0.4, 0.5) is 0 Å². The van der Waals surface area contributed by atoms with Crippen molar-refractivity contribution in [3.8, 4) is 0 Å². The highest BCUT2D eigenvalue weighted by Gasteiger charge is 2.19. The average molecular weight is 197 g/mol. The van der Waals surface area contributed by atoms with Crippen molar-refractivity contribution in [3.05, 3.63) is 0 Å². The van der Waals surface area contributed by atoms with Gasteiger partial charge in [0.15, 0.2) is 0 Å². The zero-order valence-electron chi connectivity index (χ0n) is 10.4. The average Bonchev–Trinajstić information content (AvgIpc) is 2.18. The Labute approximate surface area is 89.9 Å². The summed E-state index contributed by atoms with van der Waals surface area (Å²) in [7, 11) is 2.29. The van der Waals surface area contributed by atoms with Crippen molar-refractivity contribution in [2.75, 3.05) is 13.6 Å². The largest absolute Gasteiger partial charge is 0.303 e. The minimum Gasteiger partial charge on any atom is -0.303 e. The van der Waals surface area contributed by atoms with E-state index in [0.29, 0.717) is 0 Å². The summed E-state index contributed by atoms with van der Waals surface area (Å²) in [4.78, 5) is 2.56. The molecular formula is C13H27N. The van der Waals surface area contributed by atoms with Crippen LogP contribution in [0.25, 0.3) is 0 Å². The predicted octanol–water partition coefficient (Wildman–Crippen LogP) is 3.54. The topological polar surface area (TPSA) is 3.24 Å². The van der Waals surface area contributed by atoms with Gasteiger partial charge in [0.2, 0.25) is 0 Å². The molecule has 0 aromatic heterocycles. The van der Waals surface area contributed by atoms with E-state index in [4.69, 9.17) is 0 Å². The molecule has 0 aliphatic heterocycles. The second kappa shape index (κ2) is 5.75. The first kappa shape index (κ1) is 12.0. The van der Waals surface area contributed by atoms with Gasteiger partial charge in [0.25, 0.3) is 0 Å². The summed E-state index contributed by atoms with van der Waals surface area (Å²) in [5.74, 6) is 1.76. The zero-order chi connectivity index (χ0) is 10.6. The third-order valence-corrected chi connectivity index (χ3v) is 3.93. The summed E-state index contributed by atoms with van der Waals surface area (Å²) in [5, 5.41) is 0. The molecule has 1 nitrogen and oxygen atoms in total. The van der Waals surface area contributed by atoms with Crippen LogP contribution in [0.5, 0.6) is 0 Å². The SMILES string of the molecule is CC(C)[C@@H](C)N(C)CC1CCCCC1. The fourth-order valence-corrected chi connectivity index (χ4v) is 2.45. The Balaban J connectivity index is 2.27. The quantitative estimate of drug-likeness (QED) is 0.666. The molecule has 0 aromatic carbocycles. The van der Waals surface area contributed by atoms with E-state index in [2.05, 4.69) is 32.7 Å².